The van der Waals surface area contributed by atoms with E-state index in [0.29, 0.717) is 24.2 Å². The van der Waals surface area contributed by atoms with Gasteiger partial charge in [-0.25, -0.2) is 9.69 Å². The Morgan fingerprint density at radius 1 is 1.03 bits per heavy atom. The van der Waals surface area contributed by atoms with Crippen molar-refractivity contribution in [2.45, 2.75) is 57.0 Å². The molecule has 0 radical (unpaired) electrons. The molecule has 3 aromatic rings. The average Bonchev–Trinajstić information content (AvgIpc) is 3.33. The van der Waals surface area contributed by atoms with E-state index in [1.54, 1.807) is 29.2 Å². The molecule has 3 heterocycles. The summed E-state index contributed by atoms with van der Waals surface area (Å²) in [5.41, 5.74) is 2.81. The maximum atomic E-state index is 13.8. The molecule has 7 heteroatoms. The van der Waals surface area contributed by atoms with Crippen LogP contribution in [0.25, 0.3) is 10.9 Å². The number of para-hydroxylation sites is 1. The van der Waals surface area contributed by atoms with Crippen LogP contribution in [0.3, 0.4) is 0 Å². The summed E-state index contributed by atoms with van der Waals surface area (Å²) in [6, 6.07) is 14.7. The second-order valence-electron chi connectivity index (χ2n) is 9.78. The van der Waals surface area contributed by atoms with Crippen molar-refractivity contribution < 1.29 is 14.4 Å². The average molecular weight is 457 g/mol. The first-order valence-electron chi connectivity index (χ1n) is 12.2. The Kier molecular flexibility index (Phi) is 4.76. The summed E-state index contributed by atoms with van der Waals surface area (Å²) in [6.07, 6.45) is 6.26. The summed E-state index contributed by atoms with van der Waals surface area (Å²) in [5.74, 6) is -0.381. The van der Waals surface area contributed by atoms with Gasteiger partial charge in [-0.3, -0.25) is 9.59 Å². The first-order chi connectivity index (χ1) is 16.5. The Labute approximate surface area is 198 Å². The smallest absolute Gasteiger partial charge is 0.332 e. The van der Waals surface area contributed by atoms with E-state index in [4.69, 9.17) is 0 Å². The van der Waals surface area contributed by atoms with Gasteiger partial charge in [0.1, 0.15) is 0 Å². The van der Waals surface area contributed by atoms with Gasteiger partial charge >= 0.3 is 6.03 Å². The van der Waals surface area contributed by atoms with Crippen molar-refractivity contribution in [2.75, 3.05) is 11.4 Å². The maximum absolute atomic E-state index is 13.8. The van der Waals surface area contributed by atoms with Crippen LogP contribution in [0.1, 0.15) is 60.6 Å². The molecule has 6 rings (SSSR count). The number of amides is 4. The van der Waals surface area contributed by atoms with Crippen LogP contribution in [-0.4, -0.2) is 40.3 Å². The fourth-order valence-electron chi connectivity index (χ4n) is 5.90. The first kappa shape index (κ1) is 21.0. The van der Waals surface area contributed by atoms with Crippen LogP contribution in [0.4, 0.5) is 10.5 Å². The number of urea groups is 1. The zero-order valence-corrected chi connectivity index (χ0v) is 19.3. The van der Waals surface area contributed by atoms with Crippen molar-refractivity contribution in [3.8, 4) is 0 Å². The largest absolute Gasteiger partial charge is 0.356 e. The van der Waals surface area contributed by atoms with E-state index in [1.807, 2.05) is 25.1 Å². The molecule has 1 aliphatic carbocycles. The monoisotopic (exact) mass is 456 g/mol. The summed E-state index contributed by atoms with van der Waals surface area (Å²) < 4.78 is 0. The van der Waals surface area contributed by atoms with E-state index < -0.39 is 5.54 Å². The molecule has 174 valence electrons. The quantitative estimate of drug-likeness (QED) is 0.570. The number of nitrogens with zero attached hydrogens (tertiary/aromatic N) is 2. The summed E-state index contributed by atoms with van der Waals surface area (Å²) in [7, 11) is 0. The van der Waals surface area contributed by atoms with Crippen LogP contribution in [0.5, 0.6) is 0 Å². The number of nitrogens with one attached hydrogen (secondary N) is 2. The number of aromatic amines is 1. The molecule has 34 heavy (non-hydrogen) atoms. The SMILES string of the molecule is C[C@]12C(=O)N(c3ccc(C(=O)NC4CCCCC4)cc3)C(=O)N1CCc1c2[nH]c2ccccc12. The van der Waals surface area contributed by atoms with Gasteiger partial charge in [-0.05, 0) is 62.1 Å². The van der Waals surface area contributed by atoms with E-state index in [0.717, 1.165) is 47.8 Å². The zero-order valence-electron chi connectivity index (χ0n) is 19.3. The van der Waals surface area contributed by atoms with Gasteiger partial charge in [0.05, 0.1) is 11.4 Å². The number of fused-ring (bicyclic) bond motifs is 5. The summed E-state index contributed by atoms with van der Waals surface area (Å²) in [5, 5.41) is 4.22. The number of anilines is 1. The number of carbonyl (C=O) groups excluding carboxylic acids is 3. The molecule has 2 aliphatic heterocycles. The van der Waals surface area contributed by atoms with E-state index in [-0.39, 0.29) is 23.9 Å². The van der Waals surface area contributed by atoms with Crippen molar-refractivity contribution in [1.82, 2.24) is 15.2 Å². The van der Waals surface area contributed by atoms with E-state index in [2.05, 4.69) is 16.4 Å². The third-order valence-electron chi connectivity index (χ3n) is 7.80. The fourth-order valence-corrected chi connectivity index (χ4v) is 5.90. The highest BCUT2D eigenvalue weighted by atomic mass is 16.2. The Bertz CT molecular complexity index is 1310. The van der Waals surface area contributed by atoms with Gasteiger partial charge in [-0.2, -0.15) is 0 Å². The lowest BCUT2D eigenvalue weighted by atomic mass is 9.87. The van der Waals surface area contributed by atoms with Crippen LogP contribution >= 0.6 is 0 Å². The van der Waals surface area contributed by atoms with Gasteiger partial charge in [-0.15, -0.1) is 0 Å². The second-order valence-corrected chi connectivity index (χ2v) is 9.78. The number of imide groups is 1. The van der Waals surface area contributed by atoms with Crippen molar-refractivity contribution >= 4 is 34.4 Å². The van der Waals surface area contributed by atoms with Gasteiger partial charge in [0.25, 0.3) is 11.8 Å². The molecule has 2 aromatic carbocycles. The maximum Gasteiger partial charge on any atom is 0.332 e. The van der Waals surface area contributed by atoms with Crippen molar-refractivity contribution in [3.63, 3.8) is 0 Å². The molecule has 1 aromatic heterocycles. The highest BCUT2D eigenvalue weighted by Gasteiger charge is 2.59. The van der Waals surface area contributed by atoms with Crippen molar-refractivity contribution in [2.24, 2.45) is 0 Å². The molecule has 0 bridgehead atoms. The Morgan fingerprint density at radius 3 is 2.53 bits per heavy atom. The van der Waals surface area contributed by atoms with E-state index in [9.17, 15) is 14.4 Å². The fraction of sp³-hybridized carbons (Fsp3) is 0.370. The minimum atomic E-state index is -1.08. The summed E-state index contributed by atoms with van der Waals surface area (Å²) in [6.45, 7) is 2.31. The van der Waals surface area contributed by atoms with Crippen LogP contribution < -0.4 is 10.2 Å². The first-order valence-corrected chi connectivity index (χ1v) is 12.2. The third-order valence-corrected chi connectivity index (χ3v) is 7.80. The van der Waals surface area contributed by atoms with Gasteiger partial charge in [0, 0.05) is 29.1 Å². The second kappa shape index (κ2) is 7.72. The number of H-pyrrole nitrogens is 1. The topological polar surface area (TPSA) is 85.5 Å². The minimum absolute atomic E-state index is 0.107. The van der Waals surface area contributed by atoms with E-state index >= 15 is 0 Å². The molecule has 1 saturated heterocycles. The lowest BCUT2D eigenvalue weighted by Gasteiger charge is -2.35. The summed E-state index contributed by atoms with van der Waals surface area (Å²) >= 11 is 0. The normalized spacial score (nSPS) is 22.7. The van der Waals surface area contributed by atoms with Crippen molar-refractivity contribution in [1.29, 1.82) is 0 Å². The minimum Gasteiger partial charge on any atom is -0.356 e. The number of benzene rings is 2. The highest BCUT2D eigenvalue weighted by molar-refractivity contribution is 6.23. The van der Waals surface area contributed by atoms with Gasteiger partial charge in [0.15, 0.2) is 5.54 Å². The highest BCUT2D eigenvalue weighted by Crippen LogP contribution is 2.45. The van der Waals surface area contributed by atoms with Crippen LogP contribution in [0, 0.1) is 0 Å². The molecule has 2 N–H and O–H groups in total. The molecule has 1 atom stereocenters. The van der Waals surface area contributed by atoms with Crippen LogP contribution in [-0.2, 0) is 16.8 Å². The zero-order chi connectivity index (χ0) is 23.4. The van der Waals surface area contributed by atoms with Crippen LogP contribution in [0.2, 0.25) is 0 Å². The molecule has 3 aliphatic rings. The predicted octanol–water partition coefficient (Wildman–Crippen LogP) is 4.47. The Morgan fingerprint density at radius 2 is 1.76 bits per heavy atom. The van der Waals surface area contributed by atoms with Gasteiger partial charge < -0.3 is 15.2 Å². The lowest BCUT2D eigenvalue weighted by Crippen LogP contribution is -2.49. The van der Waals surface area contributed by atoms with Gasteiger partial charge in [-0.1, -0.05) is 37.5 Å². The molecule has 7 nitrogen and oxygen atoms in total. The molecule has 0 spiro atoms. The number of carbonyl (C=O) groups is 3. The Balaban J connectivity index is 1.29. The van der Waals surface area contributed by atoms with E-state index in [1.165, 1.54) is 11.3 Å². The predicted molar refractivity (Wildman–Crippen MR) is 130 cm³/mol. The molecule has 0 unspecified atom stereocenters. The number of hydrogen-bond donors (Lipinski definition) is 2. The molecule has 2 fully saturated rings. The standard InChI is InChI=1S/C27H28N4O3/c1-27-23-21(20-9-5-6-10-22(20)29-23)15-16-30(27)26(34)31(25(27)33)19-13-11-17(12-14-19)24(32)28-18-7-3-2-4-8-18/h5-6,9-14,18,29H,2-4,7-8,15-16H2,1H3,(H,28,32)/t27-/m0/s1. The third kappa shape index (κ3) is 2.99. The Hall–Kier alpha value is -3.61. The van der Waals surface area contributed by atoms with Crippen LogP contribution in [0.15, 0.2) is 48.5 Å². The molecule has 4 amide bonds. The number of rotatable bonds is 3. The van der Waals surface area contributed by atoms with Gasteiger partial charge in [0.2, 0.25) is 0 Å². The number of hydrogen-bond acceptors (Lipinski definition) is 3. The molecular weight excluding hydrogens is 428 g/mol. The summed E-state index contributed by atoms with van der Waals surface area (Å²) in [4.78, 5) is 46.2. The number of aromatic nitrogens is 1. The van der Waals surface area contributed by atoms with Crippen molar-refractivity contribution in [3.05, 3.63) is 65.4 Å². The molecule has 1 saturated carbocycles. The molecular formula is C27H28N4O3. The lowest BCUT2D eigenvalue weighted by molar-refractivity contribution is -0.125.